The van der Waals surface area contributed by atoms with E-state index in [4.69, 9.17) is 14.6 Å². The Bertz CT molecular complexity index is 867. The molecular weight excluding hydrogens is 408 g/mol. The second-order valence-electron chi connectivity index (χ2n) is 5.50. The summed E-state index contributed by atoms with van der Waals surface area (Å²) < 4.78 is 11.1. The zero-order valence-electron chi connectivity index (χ0n) is 14.5. The molecule has 0 saturated heterocycles. The van der Waals surface area contributed by atoms with Gasteiger partial charge < -0.3 is 14.6 Å². The molecule has 0 unspecified atom stereocenters. The van der Waals surface area contributed by atoms with Crippen molar-refractivity contribution in [2.24, 2.45) is 4.99 Å². The molecule has 1 aromatic heterocycles. The van der Waals surface area contributed by atoms with Gasteiger partial charge in [-0.2, -0.15) is 11.8 Å². The molecule has 0 amide bonds. The number of carboxylic acids is 1. The molecule has 3 rings (SSSR count). The van der Waals surface area contributed by atoms with Crippen LogP contribution in [0, 0.1) is 0 Å². The Kier molecular flexibility index (Phi) is 6.97. The molecule has 27 heavy (non-hydrogen) atoms. The minimum absolute atomic E-state index is 0.334. The monoisotopic (exact) mass is 426 g/mol. The Labute approximate surface area is 168 Å². The maximum atomic E-state index is 11.8. The number of aliphatic carboxylic acids is 1. The van der Waals surface area contributed by atoms with E-state index < -0.39 is 18.2 Å². The smallest absolute Gasteiger partial charge is 0.480 e. The molecule has 2 heterocycles. The van der Waals surface area contributed by atoms with Crippen LogP contribution >= 0.6 is 34.9 Å². The number of thioether (sulfide) groups is 2. The van der Waals surface area contributed by atoms with Crippen molar-refractivity contribution in [2.75, 3.05) is 23.9 Å². The predicted molar refractivity (Wildman–Crippen MR) is 110 cm³/mol. The van der Waals surface area contributed by atoms with Crippen molar-refractivity contribution in [2.45, 2.75) is 19.4 Å². The first kappa shape index (κ1) is 20.0. The standard InChI is InChI=1S/C17H18N2O5S3/c1-2-25-7-3-6-23-17(22)24-10-4-5-11-13(8-10)27-15(18-11)14-19-12(9-26-14)16(20)21/h4-5,8,12H,2-3,6-7,9H2,1H3,(H,20,21)/t12-/m1/s1. The third-order valence-electron chi connectivity index (χ3n) is 3.54. The maximum absolute atomic E-state index is 11.8. The molecule has 1 atom stereocenters. The first-order valence-electron chi connectivity index (χ1n) is 8.33. The fourth-order valence-electron chi connectivity index (χ4n) is 2.26. The second-order valence-corrected chi connectivity index (χ2v) is 8.93. The summed E-state index contributed by atoms with van der Waals surface area (Å²) in [6, 6.07) is 4.41. The minimum atomic E-state index is -0.930. The SMILES string of the molecule is CCSCCCOC(=O)Oc1ccc2nc(C3=N[C@@H](C(=O)O)CS3)sc2c1. The van der Waals surface area contributed by atoms with Crippen molar-refractivity contribution >= 4 is 62.2 Å². The number of rotatable bonds is 8. The lowest BCUT2D eigenvalue weighted by atomic mass is 10.3. The third kappa shape index (κ3) is 5.36. The van der Waals surface area contributed by atoms with Crippen LogP contribution < -0.4 is 4.74 Å². The molecular formula is C17H18N2O5S3. The predicted octanol–water partition coefficient (Wildman–Crippen LogP) is 3.90. The van der Waals surface area contributed by atoms with E-state index in [1.807, 2.05) is 0 Å². The molecule has 1 aromatic carbocycles. The van der Waals surface area contributed by atoms with Crippen molar-refractivity contribution in [1.29, 1.82) is 0 Å². The number of fused-ring (bicyclic) bond motifs is 1. The summed E-state index contributed by atoms with van der Waals surface area (Å²) in [4.78, 5) is 31.5. The number of ether oxygens (including phenoxy) is 2. The second kappa shape index (κ2) is 9.43. The van der Waals surface area contributed by atoms with Gasteiger partial charge in [0.05, 0.1) is 16.8 Å². The molecule has 0 radical (unpaired) electrons. The normalized spacial score (nSPS) is 16.3. The number of carboxylic acid groups (broad SMARTS) is 1. The number of carbonyl (C=O) groups excluding carboxylic acids is 1. The molecule has 1 aliphatic rings. The molecule has 2 aromatic rings. The Morgan fingerprint density at radius 3 is 3.00 bits per heavy atom. The number of nitrogens with zero attached hydrogens (tertiary/aromatic N) is 2. The van der Waals surface area contributed by atoms with Crippen LogP contribution in [0.1, 0.15) is 18.4 Å². The average Bonchev–Trinajstić information content (AvgIpc) is 3.28. The van der Waals surface area contributed by atoms with Crippen LogP contribution in [0.15, 0.2) is 23.2 Å². The number of thiazole rings is 1. The van der Waals surface area contributed by atoms with Gasteiger partial charge in [0.2, 0.25) is 0 Å². The van der Waals surface area contributed by atoms with Crippen LogP contribution in [0.3, 0.4) is 0 Å². The van der Waals surface area contributed by atoms with Crippen molar-refractivity contribution in [3.05, 3.63) is 23.2 Å². The highest BCUT2D eigenvalue weighted by molar-refractivity contribution is 8.15. The molecule has 0 fully saturated rings. The van der Waals surface area contributed by atoms with Gasteiger partial charge in [-0.05, 0) is 30.1 Å². The molecule has 0 bridgehead atoms. The Morgan fingerprint density at radius 1 is 1.41 bits per heavy atom. The van der Waals surface area contributed by atoms with E-state index in [-0.39, 0.29) is 0 Å². The van der Waals surface area contributed by atoms with Gasteiger partial charge in [0.1, 0.15) is 15.8 Å². The summed E-state index contributed by atoms with van der Waals surface area (Å²) in [5, 5.41) is 10.4. The van der Waals surface area contributed by atoms with Crippen molar-refractivity contribution < 1.29 is 24.2 Å². The number of hydrogen-bond acceptors (Lipinski definition) is 9. The summed E-state index contributed by atoms with van der Waals surface area (Å²) in [5.74, 6) is 1.86. The summed E-state index contributed by atoms with van der Waals surface area (Å²) in [6.45, 7) is 2.42. The van der Waals surface area contributed by atoms with Gasteiger partial charge in [0.25, 0.3) is 0 Å². The zero-order valence-corrected chi connectivity index (χ0v) is 17.0. The maximum Gasteiger partial charge on any atom is 0.513 e. The van der Waals surface area contributed by atoms with Crippen LogP contribution in [0.25, 0.3) is 10.2 Å². The first-order chi connectivity index (χ1) is 13.1. The number of benzene rings is 1. The van der Waals surface area contributed by atoms with Gasteiger partial charge in [0.15, 0.2) is 6.04 Å². The number of carbonyl (C=O) groups is 2. The van der Waals surface area contributed by atoms with E-state index >= 15 is 0 Å². The van der Waals surface area contributed by atoms with Crippen LogP contribution in [0.2, 0.25) is 0 Å². The Balaban J connectivity index is 1.62. The highest BCUT2D eigenvalue weighted by Crippen LogP contribution is 2.31. The summed E-state index contributed by atoms with van der Waals surface area (Å²) in [7, 11) is 0. The van der Waals surface area contributed by atoms with E-state index in [9.17, 15) is 9.59 Å². The van der Waals surface area contributed by atoms with E-state index in [2.05, 4.69) is 16.9 Å². The molecule has 144 valence electrons. The zero-order chi connectivity index (χ0) is 19.2. The van der Waals surface area contributed by atoms with Crippen LogP contribution in [0.4, 0.5) is 4.79 Å². The quantitative estimate of drug-likeness (QED) is 0.385. The molecule has 10 heteroatoms. The van der Waals surface area contributed by atoms with Crippen molar-refractivity contribution in [1.82, 2.24) is 4.98 Å². The van der Waals surface area contributed by atoms with Crippen LogP contribution in [0.5, 0.6) is 5.75 Å². The van der Waals surface area contributed by atoms with Gasteiger partial charge in [-0.1, -0.05) is 6.92 Å². The summed E-state index contributed by atoms with van der Waals surface area (Å²) in [6.07, 6.45) is 0.0720. The topological polar surface area (TPSA) is 98.1 Å². The van der Waals surface area contributed by atoms with E-state index in [1.165, 1.54) is 23.1 Å². The Morgan fingerprint density at radius 2 is 2.26 bits per heavy atom. The van der Waals surface area contributed by atoms with Gasteiger partial charge >= 0.3 is 12.1 Å². The number of aliphatic imine (C=N–C) groups is 1. The van der Waals surface area contributed by atoms with Crippen LogP contribution in [-0.2, 0) is 9.53 Å². The average molecular weight is 427 g/mol. The lowest BCUT2D eigenvalue weighted by Gasteiger charge is -2.05. The molecule has 1 N–H and O–H groups in total. The van der Waals surface area contributed by atoms with E-state index in [1.54, 1.807) is 30.0 Å². The van der Waals surface area contributed by atoms with E-state index in [0.717, 1.165) is 28.1 Å². The van der Waals surface area contributed by atoms with Gasteiger partial charge in [-0.3, -0.25) is 4.99 Å². The molecule has 1 aliphatic heterocycles. The Hall–Kier alpha value is -1.78. The largest absolute Gasteiger partial charge is 0.513 e. The molecule has 0 aliphatic carbocycles. The molecule has 0 spiro atoms. The van der Waals surface area contributed by atoms with Gasteiger partial charge in [-0.15, -0.1) is 23.1 Å². The fraction of sp³-hybridized carbons (Fsp3) is 0.412. The number of hydrogen-bond donors (Lipinski definition) is 1. The minimum Gasteiger partial charge on any atom is -0.480 e. The van der Waals surface area contributed by atoms with Gasteiger partial charge in [-0.25, -0.2) is 14.6 Å². The third-order valence-corrected chi connectivity index (χ3v) is 6.73. The highest BCUT2D eigenvalue weighted by Gasteiger charge is 2.26. The van der Waals surface area contributed by atoms with E-state index in [0.29, 0.717) is 28.2 Å². The fourth-order valence-corrected chi connectivity index (χ4v) is 4.97. The van der Waals surface area contributed by atoms with Crippen molar-refractivity contribution in [3.8, 4) is 5.75 Å². The lowest BCUT2D eigenvalue weighted by Crippen LogP contribution is -2.17. The molecule has 0 saturated carbocycles. The highest BCUT2D eigenvalue weighted by atomic mass is 32.2. The lowest BCUT2D eigenvalue weighted by molar-refractivity contribution is -0.137. The summed E-state index contributed by atoms with van der Waals surface area (Å²) in [5.41, 5.74) is 0.745. The molecule has 7 nitrogen and oxygen atoms in total. The number of aromatic nitrogens is 1. The first-order valence-corrected chi connectivity index (χ1v) is 11.3. The summed E-state index contributed by atoms with van der Waals surface area (Å²) >= 11 is 4.57. The van der Waals surface area contributed by atoms with Crippen molar-refractivity contribution in [3.63, 3.8) is 0 Å². The van der Waals surface area contributed by atoms with Gasteiger partial charge in [0, 0.05) is 11.8 Å². The van der Waals surface area contributed by atoms with Crippen LogP contribution in [-0.4, -0.2) is 57.2 Å².